The summed E-state index contributed by atoms with van der Waals surface area (Å²) in [7, 11) is 1.91. The van der Waals surface area contributed by atoms with Gasteiger partial charge in [-0.15, -0.1) is 0 Å². The summed E-state index contributed by atoms with van der Waals surface area (Å²) in [4.78, 5) is 29.8. The second-order valence-corrected chi connectivity index (χ2v) is 9.53. The minimum absolute atomic E-state index is 0.218. The van der Waals surface area contributed by atoms with Gasteiger partial charge < -0.3 is 9.64 Å². The molecular formula is C23H28N8O2. The standard InChI is InChI=1S/C23H28N8O2/c1-14(2)23(3)18-12-29(8-9-30(18)13-33-23)21-15-11-25-28(4)17(15)10-19(26-21)31-16-6-5-7-24-20(16)27-22(31)32/h5-7,10-11,14,18H,8-9,12-13H2,1-4H3,(H,24,27,32)/t18-,23+/m0/s1. The van der Waals surface area contributed by atoms with Gasteiger partial charge in [-0.3, -0.25) is 14.6 Å². The van der Waals surface area contributed by atoms with Crippen molar-refractivity contribution < 1.29 is 4.74 Å². The van der Waals surface area contributed by atoms with Crippen molar-refractivity contribution in [3.8, 4) is 5.82 Å². The summed E-state index contributed by atoms with van der Waals surface area (Å²) in [5, 5.41) is 5.47. The number of pyridine rings is 2. The first kappa shape index (κ1) is 20.4. The lowest BCUT2D eigenvalue weighted by atomic mass is 9.84. The molecule has 10 nitrogen and oxygen atoms in total. The smallest absolute Gasteiger partial charge is 0.333 e. The molecule has 0 saturated carbocycles. The van der Waals surface area contributed by atoms with Crippen LogP contribution in [0.5, 0.6) is 0 Å². The average molecular weight is 449 g/mol. The minimum atomic E-state index is -0.259. The van der Waals surface area contributed by atoms with E-state index in [4.69, 9.17) is 9.72 Å². The first-order valence-electron chi connectivity index (χ1n) is 11.4. The van der Waals surface area contributed by atoms with Crippen molar-refractivity contribution in [1.82, 2.24) is 34.2 Å². The maximum absolute atomic E-state index is 12.9. The highest BCUT2D eigenvalue weighted by Crippen LogP contribution is 2.38. The number of nitrogens with zero attached hydrogens (tertiary/aromatic N) is 7. The summed E-state index contributed by atoms with van der Waals surface area (Å²) in [5.41, 5.74) is 1.69. The van der Waals surface area contributed by atoms with Crippen LogP contribution < -0.4 is 10.6 Å². The Bertz CT molecular complexity index is 1420. The van der Waals surface area contributed by atoms with Crippen LogP contribution >= 0.6 is 0 Å². The number of anilines is 1. The molecule has 1 N–H and O–H groups in total. The van der Waals surface area contributed by atoms with Crippen LogP contribution in [0.4, 0.5) is 5.82 Å². The number of rotatable bonds is 3. The van der Waals surface area contributed by atoms with E-state index in [0.717, 1.165) is 36.4 Å². The SMILES string of the molecule is CC(C)[C@@]1(C)OCN2CCN(c3nc(-n4c(=O)[nH]c5ncccc54)cc4c3cnn4C)C[C@H]21. The van der Waals surface area contributed by atoms with Gasteiger partial charge >= 0.3 is 5.69 Å². The maximum atomic E-state index is 12.9. The molecule has 2 atom stereocenters. The second-order valence-electron chi connectivity index (χ2n) is 9.53. The van der Waals surface area contributed by atoms with E-state index in [1.54, 1.807) is 10.8 Å². The normalized spacial score (nSPS) is 23.8. The van der Waals surface area contributed by atoms with Crippen LogP contribution in [0.1, 0.15) is 20.8 Å². The molecule has 2 aliphatic rings. The van der Waals surface area contributed by atoms with Gasteiger partial charge in [0.2, 0.25) is 0 Å². The van der Waals surface area contributed by atoms with E-state index in [0.29, 0.717) is 29.6 Å². The van der Waals surface area contributed by atoms with Crippen molar-refractivity contribution in [2.45, 2.75) is 32.4 Å². The predicted octanol–water partition coefficient (Wildman–Crippen LogP) is 1.89. The van der Waals surface area contributed by atoms with Crippen molar-refractivity contribution in [3.63, 3.8) is 0 Å². The number of aryl methyl sites for hydroxylation is 1. The van der Waals surface area contributed by atoms with Gasteiger partial charge in [0, 0.05) is 38.9 Å². The Hall–Kier alpha value is -3.24. The lowest BCUT2D eigenvalue weighted by Crippen LogP contribution is -2.58. The Balaban J connectivity index is 1.50. The molecule has 0 radical (unpaired) electrons. The van der Waals surface area contributed by atoms with Crippen LogP contribution in [0, 0.1) is 5.92 Å². The molecule has 33 heavy (non-hydrogen) atoms. The summed E-state index contributed by atoms with van der Waals surface area (Å²) in [6.07, 6.45) is 3.53. The fraction of sp³-hybridized carbons (Fsp3) is 0.478. The number of hydrogen-bond donors (Lipinski definition) is 1. The quantitative estimate of drug-likeness (QED) is 0.511. The number of piperazine rings is 1. The molecule has 0 unspecified atom stereocenters. The molecular weight excluding hydrogens is 420 g/mol. The molecule has 0 aromatic carbocycles. The monoisotopic (exact) mass is 448 g/mol. The second kappa shape index (κ2) is 7.13. The number of nitrogens with one attached hydrogen (secondary N) is 1. The zero-order valence-electron chi connectivity index (χ0n) is 19.3. The summed E-state index contributed by atoms with van der Waals surface area (Å²) >= 11 is 0. The van der Waals surface area contributed by atoms with Gasteiger partial charge in [0.15, 0.2) is 5.65 Å². The molecule has 4 aromatic heterocycles. The molecule has 2 fully saturated rings. The fourth-order valence-corrected chi connectivity index (χ4v) is 5.22. The number of aromatic amines is 1. The molecule has 172 valence electrons. The largest absolute Gasteiger partial charge is 0.358 e. The van der Waals surface area contributed by atoms with Gasteiger partial charge in [-0.2, -0.15) is 5.10 Å². The van der Waals surface area contributed by atoms with Gasteiger partial charge in [0.05, 0.1) is 34.3 Å². The average Bonchev–Trinajstić information content (AvgIpc) is 3.46. The van der Waals surface area contributed by atoms with Gasteiger partial charge in [0.1, 0.15) is 18.4 Å². The molecule has 4 aromatic rings. The fourth-order valence-electron chi connectivity index (χ4n) is 5.22. The zero-order chi connectivity index (χ0) is 22.9. The number of fused-ring (bicyclic) bond motifs is 3. The Morgan fingerprint density at radius 2 is 2.12 bits per heavy atom. The van der Waals surface area contributed by atoms with Crippen molar-refractivity contribution >= 4 is 27.9 Å². The number of aromatic nitrogens is 6. The van der Waals surface area contributed by atoms with Gasteiger partial charge in [-0.05, 0) is 25.0 Å². The van der Waals surface area contributed by atoms with Crippen molar-refractivity contribution in [3.05, 3.63) is 41.1 Å². The summed E-state index contributed by atoms with van der Waals surface area (Å²) in [5.74, 6) is 1.79. The topological polar surface area (TPSA) is 97.1 Å². The summed E-state index contributed by atoms with van der Waals surface area (Å²) in [6, 6.07) is 5.88. The molecule has 2 aliphatic heterocycles. The Morgan fingerprint density at radius 1 is 1.27 bits per heavy atom. The summed E-state index contributed by atoms with van der Waals surface area (Å²) in [6.45, 7) is 9.86. The molecule has 0 bridgehead atoms. The van der Waals surface area contributed by atoms with E-state index in [1.165, 1.54) is 0 Å². The summed E-state index contributed by atoms with van der Waals surface area (Å²) < 4.78 is 9.69. The third kappa shape index (κ3) is 2.94. The highest BCUT2D eigenvalue weighted by molar-refractivity contribution is 5.91. The Kier molecular flexibility index (Phi) is 4.40. The van der Waals surface area contributed by atoms with Crippen LogP contribution in [0.15, 0.2) is 35.4 Å². The predicted molar refractivity (Wildman–Crippen MR) is 126 cm³/mol. The molecule has 0 aliphatic carbocycles. The van der Waals surface area contributed by atoms with Crippen LogP contribution in [0.3, 0.4) is 0 Å². The van der Waals surface area contributed by atoms with Crippen LogP contribution in [-0.2, 0) is 11.8 Å². The highest BCUT2D eigenvalue weighted by atomic mass is 16.5. The van der Waals surface area contributed by atoms with E-state index in [-0.39, 0.29) is 17.3 Å². The van der Waals surface area contributed by atoms with Gasteiger partial charge in [0.25, 0.3) is 0 Å². The molecule has 0 amide bonds. The van der Waals surface area contributed by atoms with Gasteiger partial charge in [-0.25, -0.2) is 19.3 Å². The maximum Gasteiger partial charge on any atom is 0.333 e. The van der Waals surface area contributed by atoms with E-state index >= 15 is 0 Å². The molecule has 0 spiro atoms. The van der Waals surface area contributed by atoms with Crippen LogP contribution in [0.2, 0.25) is 0 Å². The number of ether oxygens (including phenoxy) is 1. The Labute approximate surface area is 190 Å². The third-order valence-corrected chi connectivity index (χ3v) is 7.54. The number of hydrogen-bond acceptors (Lipinski definition) is 7. The van der Waals surface area contributed by atoms with Crippen LogP contribution in [0.25, 0.3) is 27.9 Å². The number of H-pyrrole nitrogens is 1. The lowest BCUT2D eigenvalue weighted by Gasteiger charge is -2.43. The first-order chi connectivity index (χ1) is 15.9. The van der Waals surface area contributed by atoms with Crippen molar-refractivity contribution in [2.75, 3.05) is 31.3 Å². The Morgan fingerprint density at radius 3 is 2.94 bits per heavy atom. The molecule has 6 heterocycles. The van der Waals surface area contributed by atoms with Crippen molar-refractivity contribution in [1.29, 1.82) is 0 Å². The molecule has 2 saturated heterocycles. The van der Waals surface area contributed by atoms with E-state index < -0.39 is 0 Å². The molecule has 6 rings (SSSR count). The zero-order valence-corrected chi connectivity index (χ0v) is 19.3. The highest BCUT2D eigenvalue weighted by Gasteiger charge is 2.49. The minimum Gasteiger partial charge on any atom is -0.358 e. The lowest BCUT2D eigenvalue weighted by molar-refractivity contribution is -0.0255. The van der Waals surface area contributed by atoms with E-state index in [1.807, 2.05) is 36.1 Å². The molecule has 10 heteroatoms. The third-order valence-electron chi connectivity index (χ3n) is 7.54. The van der Waals surface area contributed by atoms with E-state index in [9.17, 15) is 4.79 Å². The van der Waals surface area contributed by atoms with E-state index in [2.05, 4.69) is 45.6 Å². The van der Waals surface area contributed by atoms with Gasteiger partial charge in [-0.1, -0.05) is 13.8 Å². The van der Waals surface area contributed by atoms with Crippen LogP contribution in [-0.4, -0.2) is 72.2 Å². The number of imidazole rings is 1. The van der Waals surface area contributed by atoms with Crippen molar-refractivity contribution in [2.24, 2.45) is 13.0 Å². The first-order valence-corrected chi connectivity index (χ1v) is 11.4.